The van der Waals surface area contributed by atoms with E-state index in [1.165, 1.54) is 19.5 Å². The van der Waals surface area contributed by atoms with E-state index < -0.39 is 6.09 Å². The number of rotatable bonds is 3. The molecule has 0 fully saturated rings. The van der Waals surface area contributed by atoms with Gasteiger partial charge < -0.3 is 14.9 Å². The van der Waals surface area contributed by atoms with Crippen LogP contribution in [0, 0.1) is 6.92 Å². The summed E-state index contributed by atoms with van der Waals surface area (Å²) in [7, 11) is 1.21. The van der Waals surface area contributed by atoms with E-state index in [0.29, 0.717) is 16.8 Å². The lowest BCUT2D eigenvalue weighted by atomic mass is 10.1. The number of aromatic nitrogens is 1. The molecule has 17 heavy (non-hydrogen) atoms. The molecule has 0 spiro atoms. The van der Waals surface area contributed by atoms with Crippen molar-refractivity contribution in [3.63, 3.8) is 0 Å². The quantitative estimate of drug-likeness (QED) is 0.519. The number of hydrogen-bond acceptors (Lipinski definition) is 6. The Morgan fingerprint density at radius 2 is 2.41 bits per heavy atom. The normalized spacial score (nSPS) is 10.5. The van der Waals surface area contributed by atoms with E-state index >= 15 is 0 Å². The van der Waals surface area contributed by atoms with E-state index in [1.54, 1.807) is 6.92 Å². The second kappa shape index (κ2) is 5.80. The van der Waals surface area contributed by atoms with Gasteiger partial charge in [-0.25, -0.2) is 10.2 Å². The third-order valence-electron chi connectivity index (χ3n) is 2.06. The predicted molar refractivity (Wildman–Crippen MR) is 59.7 cm³/mol. The molecule has 1 rings (SSSR count). The van der Waals surface area contributed by atoms with Crippen molar-refractivity contribution in [3.05, 3.63) is 23.0 Å². The lowest BCUT2D eigenvalue weighted by molar-refractivity contribution is 0.171. The highest BCUT2D eigenvalue weighted by molar-refractivity contribution is 5.86. The molecule has 7 heteroatoms. The molecule has 0 bridgehead atoms. The van der Waals surface area contributed by atoms with Gasteiger partial charge in [-0.05, 0) is 6.92 Å². The van der Waals surface area contributed by atoms with Gasteiger partial charge in [-0.3, -0.25) is 4.98 Å². The number of hydrazone groups is 1. The van der Waals surface area contributed by atoms with E-state index in [1.807, 2.05) is 0 Å². The third kappa shape index (κ3) is 3.15. The largest absolute Gasteiger partial charge is 0.505 e. The maximum atomic E-state index is 10.7. The fourth-order valence-electron chi connectivity index (χ4n) is 1.12. The van der Waals surface area contributed by atoms with Crippen LogP contribution < -0.4 is 5.43 Å². The lowest BCUT2D eigenvalue weighted by Crippen LogP contribution is -2.17. The van der Waals surface area contributed by atoms with Gasteiger partial charge in [0.25, 0.3) is 0 Å². The standard InChI is InChI=1S/C10H13N3O4/c1-6-9(15)8(7(5-14)3-11-6)4-12-13-10(16)17-2/h3-4,14-15H,5H2,1-2H3,(H,13,16). The zero-order chi connectivity index (χ0) is 12.8. The highest BCUT2D eigenvalue weighted by Gasteiger charge is 2.09. The van der Waals surface area contributed by atoms with Crippen molar-refractivity contribution < 1.29 is 19.7 Å². The van der Waals surface area contributed by atoms with Crippen LogP contribution >= 0.6 is 0 Å². The molecular weight excluding hydrogens is 226 g/mol. The topological polar surface area (TPSA) is 104 Å². The number of amides is 1. The Bertz CT molecular complexity index is 445. The van der Waals surface area contributed by atoms with Crippen molar-refractivity contribution in [2.75, 3.05) is 7.11 Å². The first-order valence-electron chi connectivity index (χ1n) is 4.75. The Morgan fingerprint density at radius 1 is 1.71 bits per heavy atom. The van der Waals surface area contributed by atoms with Crippen LogP contribution in [0.4, 0.5) is 4.79 Å². The highest BCUT2D eigenvalue weighted by Crippen LogP contribution is 2.21. The SMILES string of the molecule is COC(=O)NN=Cc1c(CO)cnc(C)c1O. The van der Waals surface area contributed by atoms with Crippen LogP contribution in [0.15, 0.2) is 11.3 Å². The van der Waals surface area contributed by atoms with Crippen LogP contribution in [0.2, 0.25) is 0 Å². The number of aryl methyl sites for hydroxylation is 1. The van der Waals surface area contributed by atoms with Gasteiger partial charge in [0.15, 0.2) is 0 Å². The molecule has 0 saturated carbocycles. The summed E-state index contributed by atoms with van der Waals surface area (Å²) < 4.78 is 4.31. The van der Waals surface area contributed by atoms with Crippen LogP contribution in [0.1, 0.15) is 16.8 Å². The molecule has 0 radical (unpaired) electrons. The van der Waals surface area contributed by atoms with E-state index in [0.717, 1.165) is 0 Å². The maximum Gasteiger partial charge on any atom is 0.427 e. The maximum absolute atomic E-state index is 10.7. The van der Waals surface area contributed by atoms with Gasteiger partial charge in [0.1, 0.15) is 5.75 Å². The summed E-state index contributed by atoms with van der Waals surface area (Å²) in [5.74, 6) is -0.0908. The number of carbonyl (C=O) groups excluding carboxylic acids is 1. The predicted octanol–water partition coefficient (Wildman–Crippen LogP) is 0.278. The molecule has 92 valence electrons. The second-order valence-corrected chi connectivity index (χ2v) is 3.15. The van der Waals surface area contributed by atoms with Gasteiger partial charge in [0.2, 0.25) is 0 Å². The van der Waals surface area contributed by atoms with Gasteiger partial charge in [-0.15, -0.1) is 0 Å². The first-order chi connectivity index (χ1) is 8.10. The Hall–Kier alpha value is -2.15. The average molecular weight is 239 g/mol. The fourth-order valence-corrected chi connectivity index (χ4v) is 1.12. The minimum atomic E-state index is -0.725. The number of aliphatic hydroxyl groups excluding tert-OH is 1. The van der Waals surface area contributed by atoms with Gasteiger partial charge in [-0.1, -0.05) is 0 Å². The summed E-state index contributed by atoms with van der Waals surface area (Å²) in [5, 5.41) is 22.4. The summed E-state index contributed by atoms with van der Waals surface area (Å²) >= 11 is 0. The van der Waals surface area contributed by atoms with Crippen LogP contribution in [-0.2, 0) is 11.3 Å². The van der Waals surface area contributed by atoms with E-state index in [-0.39, 0.29) is 12.4 Å². The minimum Gasteiger partial charge on any atom is -0.505 e. The summed E-state index contributed by atoms with van der Waals surface area (Å²) in [6.45, 7) is 1.32. The van der Waals surface area contributed by atoms with Crippen molar-refractivity contribution in [3.8, 4) is 5.75 Å². The van der Waals surface area contributed by atoms with Crippen molar-refractivity contribution >= 4 is 12.3 Å². The number of hydrogen-bond donors (Lipinski definition) is 3. The van der Waals surface area contributed by atoms with Crippen molar-refractivity contribution in [2.45, 2.75) is 13.5 Å². The van der Waals surface area contributed by atoms with Gasteiger partial charge in [0.05, 0.1) is 25.6 Å². The zero-order valence-corrected chi connectivity index (χ0v) is 9.47. The highest BCUT2D eigenvalue weighted by atomic mass is 16.5. The zero-order valence-electron chi connectivity index (χ0n) is 9.47. The van der Waals surface area contributed by atoms with E-state index in [9.17, 15) is 9.90 Å². The number of nitrogens with one attached hydrogen (secondary N) is 1. The monoisotopic (exact) mass is 239 g/mol. The molecule has 1 aromatic rings. The molecule has 7 nitrogen and oxygen atoms in total. The van der Waals surface area contributed by atoms with Gasteiger partial charge >= 0.3 is 6.09 Å². The Morgan fingerprint density at radius 3 is 3.00 bits per heavy atom. The van der Waals surface area contributed by atoms with Gasteiger partial charge in [0, 0.05) is 17.3 Å². The van der Waals surface area contributed by atoms with Crippen LogP contribution in [0.3, 0.4) is 0 Å². The summed E-state index contributed by atoms with van der Waals surface area (Å²) in [6, 6.07) is 0. The number of aliphatic hydroxyl groups is 1. The van der Waals surface area contributed by atoms with Crippen molar-refractivity contribution in [1.29, 1.82) is 0 Å². The molecule has 1 amide bonds. The first-order valence-corrected chi connectivity index (χ1v) is 4.75. The second-order valence-electron chi connectivity index (χ2n) is 3.15. The average Bonchev–Trinajstić information content (AvgIpc) is 2.34. The number of carbonyl (C=O) groups is 1. The molecule has 0 aliphatic carbocycles. The Balaban J connectivity index is 2.96. The Labute approximate surface area is 97.8 Å². The smallest absolute Gasteiger partial charge is 0.427 e. The molecule has 3 N–H and O–H groups in total. The number of ether oxygens (including phenoxy) is 1. The molecule has 0 saturated heterocycles. The lowest BCUT2D eigenvalue weighted by Gasteiger charge is -2.06. The van der Waals surface area contributed by atoms with Crippen molar-refractivity contribution in [2.24, 2.45) is 5.10 Å². The number of nitrogens with zero attached hydrogens (tertiary/aromatic N) is 2. The van der Waals surface area contributed by atoms with E-state index in [2.05, 4.69) is 20.2 Å². The summed E-state index contributed by atoms with van der Waals surface area (Å²) in [5.41, 5.74) is 3.19. The van der Waals surface area contributed by atoms with Crippen LogP contribution in [-0.4, -0.2) is 34.6 Å². The van der Waals surface area contributed by atoms with Crippen LogP contribution in [0.25, 0.3) is 0 Å². The molecule has 0 aliphatic rings. The summed E-state index contributed by atoms with van der Waals surface area (Å²) in [4.78, 5) is 14.6. The molecule has 1 aromatic heterocycles. The van der Waals surface area contributed by atoms with E-state index in [4.69, 9.17) is 5.11 Å². The number of aromatic hydroxyl groups is 1. The fraction of sp³-hybridized carbons (Fsp3) is 0.300. The third-order valence-corrected chi connectivity index (χ3v) is 2.06. The molecule has 0 aromatic carbocycles. The number of pyridine rings is 1. The first kappa shape index (κ1) is 12.9. The van der Waals surface area contributed by atoms with Gasteiger partial charge in [-0.2, -0.15) is 5.10 Å². The molecule has 1 heterocycles. The van der Waals surface area contributed by atoms with Crippen molar-refractivity contribution in [1.82, 2.24) is 10.4 Å². The Kier molecular flexibility index (Phi) is 4.41. The minimum absolute atomic E-state index is 0.0908. The van der Waals surface area contributed by atoms with Crippen LogP contribution in [0.5, 0.6) is 5.75 Å². The molecule has 0 atom stereocenters. The molecule has 0 aliphatic heterocycles. The molecular formula is C10H13N3O4. The summed E-state index contributed by atoms with van der Waals surface area (Å²) in [6.07, 6.45) is 1.91. The number of methoxy groups -OCH3 is 1. The molecule has 0 unspecified atom stereocenters.